The first-order valence-electron chi connectivity index (χ1n) is 2.86. The second-order valence-electron chi connectivity index (χ2n) is 2.01. The van der Waals surface area contributed by atoms with Crippen LogP contribution in [0.2, 0.25) is 0 Å². The van der Waals surface area contributed by atoms with E-state index in [1.165, 1.54) is 0 Å². The quantitative estimate of drug-likeness (QED) is 0.429. The Morgan fingerprint density at radius 1 is 1.36 bits per heavy atom. The lowest BCUT2D eigenvalue weighted by Gasteiger charge is -2.17. The summed E-state index contributed by atoms with van der Waals surface area (Å²) in [5, 5.41) is 1.64. The van der Waals surface area contributed by atoms with Crippen LogP contribution in [-0.4, -0.2) is 12.5 Å². The molecule has 0 saturated heterocycles. The van der Waals surface area contributed by atoms with E-state index in [1.807, 2.05) is 0 Å². The summed E-state index contributed by atoms with van der Waals surface area (Å²) >= 11 is 0. The molecule has 0 aromatic carbocycles. The third-order valence-electron chi connectivity index (χ3n) is 1.14. The number of halogens is 4. The van der Waals surface area contributed by atoms with Crippen molar-refractivity contribution in [1.82, 2.24) is 5.32 Å². The summed E-state index contributed by atoms with van der Waals surface area (Å²) in [6, 6.07) is 0. The smallest absolute Gasteiger partial charge is 0.349 e. The standard InChI is InChI=1S/C6H5F4N/c7-5-3-1-2-4(11-5)6(8,9)10/h1-3,5,11H. The van der Waals surface area contributed by atoms with Gasteiger partial charge >= 0.3 is 6.18 Å². The molecule has 1 aliphatic rings. The van der Waals surface area contributed by atoms with Gasteiger partial charge in [0.25, 0.3) is 0 Å². The van der Waals surface area contributed by atoms with E-state index < -0.39 is 18.2 Å². The zero-order valence-electron chi connectivity index (χ0n) is 5.32. The summed E-state index contributed by atoms with van der Waals surface area (Å²) in [5.74, 6) is 0. The van der Waals surface area contributed by atoms with Crippen LogP contribution in [0, 0.1) is 0 Å². The van der Waals surface area contributed by atoms with Crippen molar-refractivity contribution >= 4 is 0 Å². The van der Waals surface area contributed by atoms with Crippen LogP contribution < -0.4 is 5.32 Å². The summed E-state index contributed by atoms with van der Waals surface area (Å²) < 4.78 is 47.6. The molecule has 1 heterocycles. The van der Waals surface area contributed by atoms with Gasteiger partial charge in [-0.1, -0.05) is 6.08 Å². The molecule has 0 saturated carbocycles. The van der Waals surface area contributed by atoms with E-state index in [0.29, 0.717) is 0 Å². The molecule has 5 heteroatoms. The molecule has 62 valence electrons. The van der Waals surface area contributed by atoms with E-state index >= 15 is 0 Å². The SMILES string of the molecule is FC1C=CC=C(C(F)(F)F)N1. The summed E-state index contributed by atoms with van der Waals surface area (Å²) in [5.41, 5.74) is -1.05. The van der Waals surface area contributed by atoms with Gasteiger partial charge in [-0.15, -0.1) is 0 Å². The number of allylic oxidation sites excluding steroid dienone is 3. The predicted octanol–water partition coefficient (Wildman–Crippen LogP) is 1.89. The molecule has 0 fully saturated rings. The first kappa shape index (κ1) is 8.10. The minimum atomic E-state index is -4.49. The minimum absolute atomic E-state index is 0.788. The van der Waals surface area contributed by atoms with E-state index in [4.69, 9.17) is 0 Å². The van der Waals surface area contributed by atoms with Gasteiger partial charge in [0.05, 0.1) is 0 Å². The van der Waals surface area contributed by atoms with E-state index in [0.717, 1.165) is 18.2 Å². The van der Waals surface area contributed by atoms with Gasteiger partial charge in [0, 0.05) is 0 Å². The largest absolute Gasteiger partial charge is 0.430 e. The molecule has 11 heavy (non-hydrogen) atoms. The third kappa shape index (κ3) is 1.96. The van der Waals surface area contributed by atoms with Gasteiger partial charge in [-0.2, -0.15) is 13.2 Å². The maximum absolute atomic E-state index is 12.2. The topological polar surface area (TPSA) is 12.0 Å². The maximum Gasteiger partial charge on any atom is 0.430 e. The van der Waals surface area contributed by atoms with E-state index in [2.05, 4.69) is 0 Å². The molecule has 1 atom stereocenters. The molecule has 0 aromatic heterocycles. The molecule has 0 amide bonds. The molecule has 0 aliphatic carbocycles. The predicted molar refractivity (Wildman–Crippen MR) is 31.3 cm³/mol. The highest BCUT2D eigenvalue weighted by molar-refractivity contribution is 5.21. The van der Waals surface area contributed by atoms with Gasteiger partial charge in [0.1, 0.15) is 5.70 Å². The first-order valence-corrected chi connectivity index (χ1v) is 2.86. The van der Waals surface area contributed by atoms with Crippen molar-refractivity contribution in [3.05, 3.63) is 23.9 Å². The van der Waals surface area contributed by atoms with Crippen LogP contribution in [0.3, 0.4) is 0 Å². The van der Waals surface area contributed by atoms with E-state index in [9.17, 15) is 17.6 Å². The molecule has 1 unspecified atom stereocenters. The van der Waals surface area contributed by atoms with Crippen molar-refractivity contribution in [3.63, 3.8) is 0 Å². The van der Waals surface area contributed by atoms with Gasteiger partial charge in [0.2, 0.25) is 0 Å². The highest BCUT2D eigenvalue weighted by atomic mass is 19.4. The lowest BCUT2D eigenvalue weighted by atomic mass is 10.3. The molecule has 1 nitrogen and oxygen atoms in total. The molecule has 1 N–H and O–H groups in total. The van der Waals surface area contributed by atoms with E-state index in [1.54, 1.807) is 5.32 Å². The minimum Gasteiger partial charge on any atom is -0.349 e. The number of alkyl halides is 4. The normalized spacial score (nSPS) is 24.4. The highest BCUT2D eigenvalue weighted by Crippen LogP contribution is 2.25. The summed E-state index contributed by atoms with van der Waals surface area (Å²) in [6.45, 7) is 0. The van der Waals surface area contributed by atoms with E-state index in [-0.39, 0.29) is 0 Å². The average Bonchev–Trinajstić information content (AvgIpc) is 1.86. The lowest BCUT2D eigenvalue weighted by molar-refractivity contribution is -0.0990. The second kappa shape index (κ2) is 2.56. The van der Waals surface area contributed by atoms with Crippen molar-refractivity contribution in [3.8, 4) is 0 Å². The van der Waals surface area contributed by atoms with Crippen LogP contribution >= 0.6 is 0 Å². The number of rotatable bonds is 0. The van der Waals surface area contributed by atoms with Crippen LogP contribution in [0.4, 0.5) is 17.6 Å². The van der Waals surface area contributed by atoms with Crippen molar-refractivity contribution < 1.29 is 17.6 Å². The monoisotopic (exact) mass is 167 g/mol. The van der Waals surface area contributed by atoms with Crippen molar-refractivity contribution in [2.45, 2.75) is 12.5 Å². The Kier molecular flexibility index (Phi) is 1.89. The average molecular weight is 167 g/mol. The Hall–Kier alpha value is -1.00. The highest BCUT2D eigenvalue weighted by Gasteiger charge is 2.35. The molecule has 1 aliphatic heterocycles. The number of nitrogens with one attached hydrogen (secondary N) is 1. The fourth-order valence-corrected chi connectivity index (χ4v) is 0.670. The maximum atomic E-state index is 12.2. The Balaban J connectivity index is 2.75. The Morgan fingerprint density at radius 3 is 2.36 bits per heavy atom. The summed E-state index contributed by atoms with van der Waals surface area (Å²) in [4.78, 5) is 0. The molecule has 1 rings (SSSR count). The number of hydrogen-bond acceptors (Lipinski definition) is 1. The van der Waals surface area contributed by atoms with Crippen LogP contribution in [0.25, 0.3) is 0 Å². The lowest BCUT2D eigenvalue weighted by Crippen LogP contribution is -2.32. The Bertz CT molecular complexity index is 203. The van der Waals surface area contributed by atoms with Gasteiger partial charge in [0.15, 0.2) is 6.30 Å². The van der Waals surface area contributed by atoms with Gasteiger partial charge < -0.3 is 5.32 Å². The van der Waals surface area contributed by atoms with Gasteiger partial charge in [-0.3, -0.25) is 0 Å². The van der Waals surface area contributed by atoms with Gasteiger partial charge in [-0.05, 0) is 12.2 Å². The number of dihydropyridines is 1. The van der Waals surface area contributed by atoms with Crippen LogP contribution in [0.5, 0.6) is 0 Å². The molecular weight excluding hydrogens is 162 g/mol. The second-order valence-corrected chi connectivity index (χ2v) is 2.01. The van der Waals surface area contributed by atoms with Crippen molar-refractivity contribution in [1.29, 1.82) is 0 Å². The Labute approximate surface area is 60.4 Å². The van der Waals surface area contributed by atoms with Crippen molar-refractivity contribution in [2.75, 3.05) is 0 Å². The van der Waals surface area contributed by atoms with Crippen LogP contribution in [0.15, 0.2) is 23.9 Å². The number of hydrogen-bond donors (Lipinski definition) is 1. The molecule has 0 spiro atoms. The zero-order valence-corrected chi connectivity index (χ0v) is 5.32. The summed E-state index contributed by atoms with van der Waals surface area (Å²) in [7, 11) is 0. The van der Waals surface area contributed by atoms with Crippen LogP contribution in [0.1, 0.15) is 0 Å². The fraction of sp³-hybridized carbons (Fsp3) is 0.333. The van der Waals surface area contributed by atoms with Crippen LogP contribution in [-0.2, 0) is 0 Å². The third-order valence-corrected chi connectivity index (χ3v) is 1.14. The molecule has 0 bridgehead atoms. The zero-order chi connectivity index (χ0) is 8.48. The molecule has 0 radical (unpaired) electrons. The molecule has 0 aromatic rings. The Morgan fingerprint density at radius 2 is 2.00 bits per heavy atom. The first-order chi connectivity index (χ1) is 5.00. The fourth-order valence-electron chi connectivity index (χ4n) is 0.670. The molecular formula is C6H5F4N. The van der Waals surface area contributed by atoms with Crippen molar-refractivity contribution in [2.24, 2.45) is 0 Å². The van der Waals surface area contributed by atoms with Gasteiger partial charge in [-0.25, -0.2) is 4.39 Å². The summed E-state index contributed by atoms with van der Waals surface area (Å²) in [6.07, 6.45) is -3.42.